The average Bonchev–Trinajstić information content (AvgIpc) is 2.72. The van der Waals surface area contributed by atoms with Crippen molar-refractivity contribution in [2.24, 2.45) is 5.92 Å². The van der Waals surface area contributed by atoms with Crippen LogP contribution in [0.3, 0.4) is 0 Å². The number of ketones is 1. The van der Waals surface area contributed by atoms with Crippen molar-refractivity contribution >= 4 is 28.3 Å². The molecule has 0 spiro atoms. The van der Waals surface area contributed by atoms with Crippen molar-refractivity contribution in [2.75, 3.05) is 0 Å². The fourth-order valence-electron chi connectivity index (χ4n) is 1.79. The molecule has 1 heterocycles. The maximum Gasteiger partial charge on any atom is 0.167 e. The van der Waals surface area contributed by atoms with E-state index in [1.165, 1.54) is 0 Å². The Bertz CT molecular complexity index is 530. The van der Waals surface area contributed by atoms with E-state index in [4.69, 9.17) is 11.6 Å². The van der Waals surface area contributed by atoms with Crippen LogP contribution < -0.4 is 0 Å². The number of rotatable bonds is 3. The second-order valence-electron chi connectivity index (χ2n) is 4.04. The highest BCUT2D eigenvalue weighted by molar-refractivity contribution is 6.36. The molecule has 0 amide bonds. The lowest BCUT2D eigenvalue weighted by Gasteiger charge is -2.06. The van der Waals surface area contributed by atoms with Crippen molar-refractivity contribution in [2.45, 2.75) is 20.3 Å². The van der Waals surface area contributed by atoms with Gasteiger partial charge in [-0.25, -0.2) is 0 Å². The number of aromatic amines is 1. The number of carbonyl (C=O) groups excluding carboxylic acids is 1. The van der Waals surface area contributed by atoms with Crippen LogP contribution in [0.2, 0.25) is 5.02 Å². The number of halogens is 1. The Balaban J connectivity index is 2.57. The van der Waals surface area contributed by atoms with E-state index >= 15 is 0 Å². The summed E-state index contributed by atoms with van der Waals surface area (Å²) in [7, 11) is 0. The molecule has 0 radical (unpaired) electrons. The average molecular weight is 236 g/mol. The minimum Gasteiger partial charge on any atom is -0.360 e. The first kappa shape index (κ1) is 11.2. The zero-order valence-corrected chi connectivity index (χ0v) is 10.1. The molecule has 0 aliphatic carbocycles. The highest BCUT2D eigenvalue weighted by Crippen LogP contribution is 2.28. The molecule has 1 aromatic heterocycles. The number of aromatic nitrogens is 1. The number of benzene rings is 1. The largest absolute Gasteiger partial charge is 0.360 e. The van der Waals surface area contributed by atoms with E-state index in [1.807, 2.05) is 32.0 Å². The van der Waals surface area contributed by atoms with Gasteiger partial charge in [0.25, 0.3) is 0 Å². The molecule has 0 aliphatic heterocycles. The summed E-state index contributed by atoms with van der Waals surface area (Å²) in [5.74, 6) is 0.192. The monoisotopic (exact) mass is 235 g/mol. The van der Waals surface area contributed by atoms with Gasteiger partial charge in [0, 0.05) is 28.6 Å². The van der Waals surface area contributed by atoms with E-state index in [-0.39, 0.29) is 11.7 Å². The zero-order valence-electron chi connectivity index (χ0n) is 9.38. The highest BCUT2D eigenvalue weighted by atomic mass is 35.5. The molecular formula is C13H14ClNO. The van der Waals surface area contributed by atoms with E-state index in [0.29, 0.717) is 10.6 Å². The van der Waals surface area contributed by atoms with Crippen molar-refractivity contribution in [3.8, 4) is 0 Å². The predicted octanol–water partition coefficient (Wildman–Crippen LogP) is 4.05. The van der Waals surface area contributed by atoms with Crippen LogP contribution in [0.5, 0.6) is 0 Å². The Labute approximate surface area is 99.6 Å². The first-order valence-corrected chi connectivity index (χ1v) is 5.82. The van der Waals surface area contributed by atoms with Gasteiger partial charge in [-0.05, 0) is 18.6 Å². The van der Waals surface area contributed by atoms with Crippen LogP contribution in [0.15, 0.2) is 24.4 Å². The van der Waals surface area contributed by atoms with E-state index < -0.39 is 0 Å². The van der Waals surface area contributed by atoms with Gasteiger partial charge in [0.05, 0.1) is 5.02 Å². The van der Waals surface area contributed by atoms with Crippen LogP contribution in [0, 0.1) is 5.92 Å². The molecule has 2 nitrogen and oxygen atoms in total. The molecule has 2 rings (SSSR count). The fourth-order valence-corrected chi connectivity index (χ4v) is 2.06. The third-order valence-corrected chi connectivity index (χ3v) is 3.30. The first-order chi connectivity index (χ1) is 7.65. The van der Waals surface area contributed by atoms with Gasteiger partial charge in [-0.3, -0.25) is 4.79 Å². The summed E-state index contributed by atoms with van der Waals surface area (Å²) < 4.78 is 0. The molecule has 0 bridgehead atoms. The summed E-state index contributed by atoms with van der Waals surface area (Å²) in [6.07, 6.45) is 2.60. The van der Waals surface area contributed by atoms with Crippen molar-refractivity contribution in [1.82, 2.24) is 4.98 Å². The first-order valence-electron chi connectivity index (χ1n) is 5.45. The maximum atomic E-state index is 12.1. The van der Waals surface area contributed by atoms with Gasteiger partial charge < -0.3 is 4.98 Å². The van der Waals surface area contributed by atoms with Gasteiger partial charge in [0.1, 0.15) is 0 Å². The Morgan fingerprint density at radius 3 is 2.94 bits per heavy atom. The molecule has 2 aromatic rings. The Kier molecular flexibility index (Phi) is 3.01. The number of hydrogen-bond donors (Lipinski definition) is 1. The van der Waals surface area contributed by atoms with Gasteiger partial charge in [-0.1, -0.05) is 31.5 Å². The normalized spacial score (nSPS) is 12.9. The minimum atomic E-state index is 0.0373. The van der Waals surface area contributed by atoms with E-state index in [0.717, 1.165) is 17.3 Å². The van der Waals surface area contributed by atoms with Crippen molar-refractivity contribution in [3.63, 3.8) is 0 Å². The number of hydrogen-bond acceptors (Lipinski definition) is 1. The number of fused-ring (bicyclic) bond motifs is 1. The standard InChI is InChI=1S/C13H14ClNO/c1-3-8(2)13(16)9-7-15-11-6-4-5-10(14)12(9)11/h4-8,15H,3H2,1-2H3. The molecule has 1 unspecified atom stereocenters. The number of H-pyrrole nitrogens is 1. The molecule has 0 saturated carbocycles. The van der Waals surface area contributed by atoms with E-state index in [1.54, 1.807) is 6.20 Å². The van der Waals surface area contributed by atoms with Crippen LogP contribution in [0.4, 0.5) is 0 Å². The number of carbonyl (C=O) groups is 1. The molecule has 1 N–H and O–H groups in total. The zero-order chi connectivity index (χ0) is 11.7. The summed E-state index contributed by atoms with van der Waals surface area (Å²) >= 11 is 6.12. The molecule has 1 aromatic carbocycles. The summed E-state index contributed by atoms with van der Waals surface area (Å²) in [6, 6.07) is 5.61. The molecule has 0 aliphatic rings. The summed E-state index contributed by atoms with van der Waals surface area (Å²) in [4.78, 5) is 15.2. The topological polar surface area (TPSA) is 32.9 Å². The molecule has 84 valence electrons. The molecule has 16 heavy (non-hydrogen) atoms. The Morgan fingerprint density at radius 1 is 1.50 bits per heavy atom. The molecule has 0 saturated heterocycles. The number of nitrogens with one attached hydrogen (secondary N) is 1. The third-order valence-electron chi connectivity index (χ3n) is 2.98. The Hall–Kier alpha value is -1.28. The van der Waals surface area contributed by atoms with Gasteiger partial charge in [0.2, 0.25) is 0 Å². The third kappa shape index (κ3) is 1.74. The fraction of sp³-hybridized carbons (Fsp3) is 0.308. The van der Waals surface area contributed by atoms with Gasteiger partial charge in [-0.15, -0.1) is 0 Å². The highest BCUT2D eigenvalue weighted by Gasteiger charge is 2.18. The smallest absolute Gasteiger partial charge is 0.167 e. The van der Waals surface area contributed by atoms with Crippen LogP contribution >= 0.6 is 11.6 Å². The minimum absolute atomic E-state index is 0.0373. The van der Waals surface area contributed by atoms with Gasteiger partial charge in [0.15, 0.2) is 5.78 Å². The van der Waals surface area contributed by atoms with Crippen LogP contribution in [0.1, 0.15) is 30.6 Å². The summed E-state index contributed by atoms with van der Waals surface area (Å²) in [6.45, 7) is 3.96. The van der Waals surface area contributed by atoms with Gasteiger partial charge in [-0.2, -0.15) is 0 Å². The van der Waals surface area contributed by atoms with Crippen LogP contribution in [-0.2, 0) is 0 Å². The molecule has 3 heteroatoms. The van der Waals surface area contributed by atoms with Crippen LogP contribution in [-0.4, -0.2) is 10.8 Å². The quantitative estimate of drug-likeness (QED) is 0.800. The lowest BCUT2D eigenvalue weighted by Crippen LogP contribution is -2.09. The molecule has 0 fully saturated rings. The Morgan fingerprint density at radius 2 is 2.25 bits per heavy atom. The van der Waals surface area contributed by atoms with E-state index in [9.17, 15) is 4.79 Å². The lowest BCUT2D eigenvalue weighted by molar-refractivity contribution is 0.0929. The molecular weight excluding hydrogens is 222 g/mol. The summed E-state index contributed by atoms with van der Waals surface area (Å²) in [5, 5.41) is 1.47. The van der Waals surface area contributed by atoms with Crippen molar-refractivity contribution < 1.29 is 4.79 Å². The van der Waals surface area contributed by atoms with Crippen molar-refractivity contribution in [1.29, 1.82) is 0 Å². The summed E-state index contributed by atoms with van der Waals surface area (Å²) in [5.41, 5.74) is 1.62. The second kappa shape index (κ2) is 4.30. The number of Topliss-reactive ketones (excluding diaryl/α,β-unsaturated/α-hetero) is 1. The van der Waals surface area contributed by atoms with Gasteiger partial charge >= 0.3 is 0 Å². The van der Waals surface area contributed by atoms with E-state index in [2.05, 4.69) is 4.98 Å². The van der Waals surface area contributed by atoms with Crippen LogP contribution in [0.25, 0.3) is 10.9 Å². The second-order valence-corrected chi connectivity index (χ2v) is 4.45. The maximum absolute atomic E-state index is 12.1. The van der Waals surface area contributed by atoms with Crippen molar-refractivity contribution in [3.05, 3.63) is 35.0 Å². The SMILES string of the molecule is CCC(C)C(=O)c1c[nH]c2cccc(Cl)c12. The molecule has 1 atom stereocenters. The lowest BCUT2D eigenvalue weighted by atomic mass is 9.97. The predicted molar refractivity (Wildman–Crippen MR) is 67.1 cm³/mol.